The van der Waals surface area contributed by atoms with Crippen LogP contribution in [0.25, 0.3) is 10.8 Å². The molecule has 0 amide bonds. The van der Waals surface area contributed by atoms with E-state index in [9.17, 15) is 0 Å². The first-order valence-electron chi connectivity index (χ1n) is 6.99. The Morgan fingerprint density at radius 3 is 2.68 bits per heavy atom. The van der Waals surface area contributed by atoms with Gasteiger partial charge in [-0.05, 0) is 11.5 Å². The molecule has 110 valence electrons. The van der Waals surface area contributed by atoms with E-state index in [1.165, 1.54) is 6.33 Å². The number of fused-ring (bicyclic) bond motifs is 1. The molecule has 3 rings (SSSR count). The van der Waals surface area contributed by atoms with Gasteiger partial charge in [-0.25, -0.2) is 9.97 Å². The Kier molecular flexibility index (Phi) is 3.87. The number of aromatic nitrogens is 2. The van der Waals surface area contributed by atoms with Crippen molar-refractivity contribution >= 4 is 33.8 Å². The summed E-state index contributed by atoms with van der Waals surface area (Å²) in [4.78, 5) is 8.38. The summed E-state index contributed by atoms with van der Waals surface area (Å²) in [5, 5.41) is 8.65. The summed E-state index contributed by atoms with van der Waals surface area (Å²) < 4.78 is 0. The molecule has 0 aliphatic rings. The van der Waals surface area contributed by atoms with Gasteiger partial charge in [0.2, 0.25) is 0 Å². The van der Waals surface area contributed by atoms with E-state index in [1.807, 2.05) is 24.3 Å². The summed E-state index contributed by atoms with van der Waals surface area (Å²) in [6.45, 7) is 4.26. The Balaban J connectivity index is 1.97. The molecule has 1 heterocycles. The first kappa shape index (κ1) is 13.9. The van der Waals surface area contributed by atoms with Crippen LogP contribution >= 0.6 is 0 Å². The highest BCUT2D eigenvalue weighted by Crippen LogP contribution is 2.29. The van der Waals surface area contributed by atoms with Crippen LogP contribution in [0, 0.1) is 0 Å². The molecule has 5 heteroatoms. The van der Waals surface area contributed by atoms with Crippen LogP contribution in [0.3, 0.4) is 0 Å². The monoisotopic (exact) mass is 291 g/mol. The van der Waals surface area contributed by atoms with Crippen molar-refractivity contribution in [2.45, 2.75) is 0 Å². The van der Waals surface area contributed by atoms with Gasteiger partial charge in [0, 0.05) is 17.6 Å². The maximum absolute atomic E-state index is 6.13. The fourth-order valence-corrected chi connectivity index (χ4v) is 2.27. The zero-order chi connectivity index (χ0) is 15.4. The van der Waals surface area contributed by atoms with Crippen molar-refractivity contribution in [2.24, 2.45) is 0 Å². The van der Waals surface area contributed by atoms with Crippen LogP contribution in [0.5, 0.6) is 0 Å². The molecule has 0 atom stereocenters. The van der Waals surface area contributed by atoms with E-state index in [1.54, 1.807) is 6.08 Å². The van der Waals surface area contributed by atoms with Gasteiger partial charge in [0.25, 0.3) is 0 Å². The van der Waals surface area contributed by atoms with Crippen LogP contribution < -0.4 is 16.4 Å². The third-order valence-electron chi connectivity index (χ3n) is 3.34. The summed E-state index contributed by atoms with van der Waals surface area (Å²) in [6.07, 6.45) is 3.23. The van der Waals surface area contributed by atoms with Crippen LogP contribution in [-0.4, -0.2) is 16.5 Å². The summed E-state index contributed by atoms with van der Waals surface area (Å²) in [6, 6.07) is 14.2. The predicted molar refractivity (Wildman–Crippen MR) is 92.4 cm³/mol. The smallest absolute Gasteiger partial charge is 0.159 e. The van der Waals surface area contributed by atoms with Crippen molar-refractivity contribution in [3.05, 3.63) is 61.4 Å². The minimum atomic E-state index is 0.484. The van der Waals surface area contributed by atoms with Gasteiger partial charge in [0.05, 0.1) is 0 Å². The summed E-state index contributed by atoms with van der Waals surface area (Å²) in [7, 11) is 0. The molecule has 3 aromatic rings. The lowest BCUT2D eigenvalue weighted by molar-refractivity contribution is 1.15. The Morgan fingerprint density at radius 2 is 1.82 bits per heavy atom. The van der Waals surface area contributed by atoms with Gasteiger partial charge in [-0.3, -0.25) is 0 Å². The molecule has 1 aromatic heterocycles. The molecule has 0 saturated carbocycles. The summed E-state index contributed by atoms with van der Waals surface area (Å²) in [5.74, 6) is 1.18. The second-order valence-electron chi connectivity index (χ2n) is 4.81. The SMILES string of the molecule is C=CCNc1ncnc(Nc2cccc3ccccc23)c1N. The molecule has 0 aliphatic carbocycles. The Labute approximate surface area is 128 Å². The van der Waals surface area contributed by atoms with Crippen LogP contribution in [0.15, 0.2) is 61.4 Å². The topological polar surface area (TPSA) is 75.9 Å². The van der Waals surface area contributed by atoms with Gasteiger partial charge >= 0.3 is 0 Å². The fraction of sp³-hybridized carbons (Fsp3) is 0.0588. The van der Waals surface area contributed by atoms with Gasteiger partial charge in [-0.15, -0.1) is 6.58 Å². The maximum atomic E-state index is 6.13. The Hall–Kier alpha value is -3.08. The van der Waals surface area contributed by atoms with Crippen molar-refractivity contribution in [3.63, 3.8) is 0 Å². The molecule has 4 N–H and O–H groups in total. The molecular weight excluding hydrogens is 274 g/mol. The molecule has 0 radical (unpaired) electrons. The second-order valence-corrected chi connectivity index (χ2v) is 4.81. The number of nitrogens with one attached hydrogen (secondary N) is 2. The normalized spacial score (nSPS) is 10.4. The average molecular weight is 291 g/mol. The van der Waals surface area contributed by atoms with Gasteiger partial charge in [0.15, 0.2) is 11.6 Å². The lowest BCUT2D eigenvalue weighted by Crippen LogP contribution is -2.08. The van der Waals surface area contributed by atoms with Crippen LogP contribution in [-0.2, 0) is 0 Å². The lowest BCUT2D eigenvalue weighted by Gasteiger charge is -2.13. The van der Waals surface area contributed by atoms with E-state index in [0.717, 1.165) is 16.5 Å². The number of nitrogens with zero attached hydrogens (tertiary/aromatic N) is 2. The molecule has 0 saturated heterocycles. The van der Waals surface area contributed by atoms with E-state index in [0.29, 0.717) is 23.9 Å². The van der Waals surface area contributed by atoms with Gasteiger partial charge in [-0.1, -0.05) is 42.5 Å². The lowest BCUT2D eigenvalue weighted by atomic mass is 10.1. The van der Waals surface area contributed by atoms with Gasteiger partial charge in [0.1, 0.15) is 12.0 Å². The summed E-state index contributed by atoms with van der Waals surface area (Å²) in [5.41, 5.74) is 7.57. The quantitative estimate of drug-likeness (QED) is 0.627. The zero-order valence-electron chi connectivity index (χ0n) is 12.1. The van der Waals surface area contributed by atoms with E-state index >= 15 is 0 Å². The van der Waals surface area contributed by atoms with Crippen molar-refractivity contribution in [2.75, 3.05) is 22.9 Å². The van der Waals surface area contributed by atoms with Crippen molar-refractivity contribution < 1.29 is 0 Å². The van der Waals surface area contributed by atoms with Crippen LogP contribution in [0.4, 0.5) is 23.0 Å². The Bertz CT molecular complexity index is 808. The highest BCUT2D eigenvalue weighted by molar-refractivity contribution is 5.96. The van der Waals surface area contributed by atoms with E-state index in [2.05, 4.69) is 45.4 Å². The van der Waals surface area contributed by atoms with Crippen LogP contribution in [0.2, 0.25) is 0 Å². The molecular formula is C17H17N5. The minimum absolute atomic E-state index is 0.484. The molecule has 0 fully saturated rings. The van der Waals surface area contributed by atoms with Crippen molar-refractivity contribution in [3.8, 4) is 0 Å². The number of hydrogen-bond acceptors (Lipinski definition) is 5. The molecule has 0 unspecified atom stereocenters. The molecule has 0 bridgehead atoms. The first-order valence-corrected chi connectivity index (χ1v) is 6.99. The molecule has 5 nitrogen and oxygen atoms in total. The van der Waals surface area contributed by atoms with E-state index in [-0.39, 0.29) is 0 Å². The predicted octanol–water partition coefficient (Wildman–Crippen LogP) is 3.55. The number of nitrogen functional groups attached to an aromatic ring is 1. The molecule has 2 aromatic carbocycles. The standard InChI is InChI=1S/C17H17N5/c1-2-10-19-16-15(18)17(21-11-20-16)22-14-9-5-7-12-6-3-4-8-13(12)14/h2-9,11H,1,10,18H2,(H2,19,20,21,22). The third-order valence-corrected chi connectivity index (χ3v) is 3.34. The van der Waals surface area contributed by atoms with Gasteiger partial charge < -0.3 is 16.4 Å². The average Bonchev–Trinajstić information content (AvgIpc) is 2.56. The Morgan fingerprint density at radius 1 is 1.05 bits per heavy atom. The molecule has 0 aliphatic heterocycles. The highest BCUT2D eigenvalue weighted by atomic mass is 15.1. The number of benzene rings is 2. The third kappa shape index (κ3) is 2.69. The first-order chi connectivity index (χ1) is 10.8. The van der Waals surface area contributed by atoms with Crippen molar-refractivity contribution in [1.82, 2.24) is 9.97 Å². The number of hydrogen-bond donors (Lipinski definition) is 3. The van der Waals surface area contributed by atoms with E-state index in [4.69, 9.17) is 5.73 Å². The fourth-order valence-electron chi connectivity index (χ4n) is 2.27. The van der Waals surface area contributed by atoms with E-state index < -0.39 is 0 Å². The zero-order valence-corrected chi connectivity index (χ0v) is 12.1. The number of rotatable bonds is 5. The number of nitrogens with two attached hydrogens (primary N) is 1. The van der Waals surface area contributed by atoms with Crippen molar-refractivity contribution in [1.29, 1.82) is 0 Å². The molecule has 22 heavy (non-hydrogen) atoms. The molecule has 0 spiro atoms. The summed E-state index contributed by atoms with van der Waals surface area (Å²) >= 11 is 0. The number of anilines is 4. The second kappa shape index (κ2) is 6.13. The highest BCUT2D eigenvalue weighted by Gasteiger charge is 2.09. The largest absolute Gasteiger partial charge is 0.393 e. The maximum Gasteiger partial charge on any atom is 0.159 e. The van der Waals surface area contributed by atoms with Gasteiger partial charge in [-0.2, -0.15) is 0 Å². The minimum Gasteiger partial charge on any atom is -0.393 e. The van der Waals surface area contributed by atoms with Crippen LogP contribution in [0.1, 0.15) is 0 Å².